The van der Waals surface area contributed by atoms with E-state index in [1.54, 1.807) is 6.92 Å². The van der Waals surface area contributed by atoms with Crippen LogP contribution in [0.2, 0.25) is 0 Å². The topological polar surface area (TPSA) is 26.3 Å². The molecule has 0 heterocycles. The second-order valence-electron chi connectivity index (χ2n) is 9.71. The molecule has 0 N–H and O–H groups in total. The van der Waals surface area contributed by atoms with E-state index in [0.29, 0.717) is 16.7 Å². The number of fused-ring (bicyclic) bond motifs is 5. The molecule has 2 nitrogen and oxygen atoms in total. The van der Waals surface area contributed by atoms with E-state index in [9.17, 15) is 4.79 Å². The molecular weight excluding hydrogens is 284 g/mol. The predicted octanol–water partition coefficient (Wildman–Crippen LogP) is 5.35. The smallest absolute Gasteiger partial charge is 0.302 e. The summed E-state index contributed by atoms with van der Waals surface area (Å²) >= 11 is 0. The van der Waals surface area contributed by atoms with Crippen LogP contribution in [-0.4, -0.2) is 12.1 Å². The van der Waals surface area contributed by atoms with E-state index < -0.39 is 0 Å². The molecule has 2 heteroatoms. The van der Waals surface area contributed by atoms with Crippen molar-refractivity contribution in [3.05, 3.63) is 0 Å². The van der Waals surface area contributed by atoms with Crippen molar-refractivity contribution >= 4 is 5.97 Å². The number of hydrogen-bond acceptors (Lipinski definition) is 2. The maximum absolute atomic E-state index is 11.8. The van der Waals surface area contributed by atoms with Crippen molar-refractivity contribution in [2.24, 2.45) is 34.5 Å². The molecule has 0 amide bonds. The van der Waals surface area contributed by atoms with Gasteiger partial charge in [-0.05, 0) is 73.5 Å². The lowest BCUT2D eigenvalue weighted by molar-refractivity contribution is -0.185. The van der Waals surface area contributed by atoms with Crippen molar-refractivity contribution in [1.29, 1.82) is 0 Å². The second kappa shape index (κ2) is 5.49. The largest absolute Gasteiger partial charge is 0.462 e. The number of carbonyl (C=O) groups is 1. The van der Waals surface area contributed by atoms with Gasteiger partial charge in [0.25, 0.3) is 0 Å². The second-order valence-corrected chi connectivity index (χ2v) is 9.71. The van der Waals surface area contributed by atoms with Crippen molar-refractivity contribution < 1.29 is 9.53 Å². The molecule has 130 valence electrons. The van der Waals surface area contributed by atoms with Gasteiger partial charge in [-0.25, -0.2) is 0 Å². The molecule has 0 spiro atoms. The molecule has 7 atom stereocenters. The highest BCUT2D eigenvalue weighted by molar-refractivity contribution is 5.66. The summed E-state index contributed by atoms with van der Waals surface area (Å²) in [6, 6.07) is 0. The molecule has 0 unspecified atom stereocenters. The summed E-state index contributed by atoms with van der Waals surface area (Å²) in [6.45, 7) is 6.73. The van der Waals surface area contributed by atoms with Crippen molar-refractivity contribution in [2.45, 2.75) is 91.1 Å². The van der Waals surface area contributed by atoms with E-state index in [2.05, 4.69) is 13.8 Å². The van der Waals surface area contributed by atoms with Crippen LogP contribution < -0.4 is 0 Å². The molecule has 0 aromatic carbocycles. The van der Waals surface area contributed by atoms with Crippen LogP contribution in [0.4, 0.5) is 0 Å². The summed E-state index contributed by atoms with van der Waals surface area (Å²) in [5.41, 5.74) is 1.04. The molecule has 0 radical (unpaired) electrons. The SMILES string of the molecule is CC(=O)O[C@@H]1C[C@H]2CCCC[C@]2(C)[C@@H]2CC[C@]3(C)CCC[C@H]3[C@@H]21. The van der Waals surface area contributed by atoms with Crippen LogP contribution in [0.3, 0.4) is 0 Å². The fraction of sp³-hybridized carbons (Fsp3) is 0.952. The lowest BCUT2D eigenvalue weighted by atomic mass is 9.44. The number of esters is 1. The Balaban J connectivity index is 1.70. The summed E-state index contributed by atoms with van der Waals surface area (Å²) in [5, 5.41) is 0. The van der Waals surface area contributed by atoms with E-state index in [1.165, 1.54) is 57.8 Å². The van der Waals surface area contributed by atoms with E-state index in [-0.39, 0.29) is 12.1 Å². The number of rotatable bonds is 1. The zero-order chi connectivity index (χ0) is 16.2. The zero-order valence-electron chi connectivity index (χ0n) is 15.3. The fourth-order valence-corrected chi connectivity index (χ4v) is 7.56. The Bertz CT molecular complexity index is 486. The average molecular weight is 319 g/mol. The standard InChI is InChI=1S/C21H34O2/c1-14(22)23-18-13-15-7-4-5-11-21(15,3)17-9-12-20(2)10-6-8-16(20)19(17)18/h15-19H,4-13H2,1-3H3/t15-,16+,17-,18-,19+,20+,21+/m1/s1. The summed E-state index contributed by atoms with van der Waals surface area (Å²) < 4.78 is 5.97. The molecule has 4 fully saturated rings. The minimum atomic E-state index is -0.0570. The minimum Gasteiger partial charge on any atom is -0.462 e. The van der Waals surface area contributed by atoms with Gasteiger partial charge in [0.15, 0.2) is 0 Å². The summed E-state index contributed by atoms with van der Waals surface area (Å²) in [5.74, 6) is 2.96. The summed E-state index contributed by atoms with van der Waals surface area (Å²) in [7, 11) is 0. The summed E-state index contributed by atoms with van der Waals surface area (Å²) in [6.07, 6.45) is 13.9. The Morgan fingerprint density at radius 3 is 2.57 bits per heavy atom. The van der Waals surface area contributed by atoms with Gasteiger partial charge < -0.3 is 4.74 Å². The Morgan fingerprint density at radius 1 is 0.957 bits per heavy atom. The van der Waals surface area contributed by atoms with E-state index in [4.69, 9.17) is 4.74 Å². The molecule has 0 aliphatic heterocycles. The molecule has 0 bridgehead atoms. The van der Waals surface area contributed by atoms with Gasteiger partial charge in [-0.1, -0.05) is 33.1 Å². The Hall–Kier alpha value is -0.530. The maximum Gasteiger partial charge on any atom is 0.302 e. The van der Waals surface area contributed by atoms with E-state index in [1.807, 2.05) is 0 Å². The highest BCUT2D eigenvalue weighted by Crippen LogP contribution is 2.66. The Morgan fingerprint density at radius 2 is 1.78 bits per heavy atom. The number of hydrogen-bond donors (Lipinski definition) is 0. The Labute approximate surface area is 141 Å². The molecule has 0 aromatic heterocycles. The third-order valence-corrected chi connectivity index (χ3v) is 8.68. The molecule has 4 saturated carbocycles. The lowest BCUT2D eigenvalue weighted by Gasteiger charge is -2.61. The van der Waals surface area contributed by atoms with Crippen molar-refractivity contribution in [2.75, 3.05) is 0 Å². The molecule has 4 aliphatic carbocycles. The van der Waals surface area contributed by atoms with Crippen molar-refractivity contribution in [1.82, 2.24) is 0 Å². The first-order chi connectivity index (χ1) is 10.9. The molecule has 0 aromatic rings. The van der Waals surface area contributed by atoms with Crippen LogP contribution in [0.15, 0.2) is 0 Å². The fourth-order valence-electron chi connectivity index (χ4n) is 7.56. The first kappa shape index (κ1) is 16.0. The maximum atomic E-state index is 11.8. The monoisotopic (exact) mass is 318 g/mol. The molecule has 0 saturated heterocycles. The van der Waals surface area contributed by atoms with Crippen molar-refractivity contribution in [3.63, 3.8) is 0 Å². The average Bonchev–Trinajstić information content (AvgIpc) is 2.88. The first-order valence-electron chi connectivity index (χ1n) is 10.1. The molecule has 4 aliphatic rings. The van der Waals surface area contributed by atoms with Crippen LogP contribution in [-0.2, 0) is 9.53 Å². The van der Waals surface area contributed by atoms with E-state index in [0.717, 1.165) is 24.2 Å². The van der Waals surface area contributed by atoms with Gasteiger partial charge in [0.05, 0.1) is 0 Å². The van der Waals surface area contributed by atoms with Crippen LogP contribution >= 0.6 is 0 Å². The zero-order valence-corrected chi connectivity index (χ0v) is 15.3. The predicted molar refractivity (Wildman–Crippen MR) is 91.9 cm³/mol. The van der Waals surface area contributed by atoms with Gasteiger partial charge in [0, 0.05) is 12.8 Å². The molecule has 23 heavy (non-hydrogen) atoms. The lowest BCUT2D eigenvalue weighted by Crippen LogP contribution is -2.57. The normalized spacial score (nSPS) is 52.2. The van der Waals surface area contributed by atoms with Gasteiger partial charge in [-0.3, -0.25) is 4.79 Å². The molecule has 4 rings (SSSR count). The van der Waals surface area contributed by atoms with Crippen LogP contribution in [0.25, 0.3) is 0 Å². The number of ether oxygens (including phenoxy) is 1. The van der Waals surface area contributed by atoms with E-state index >= 15 is 0 Å². The highest BCUT2D eigenvalue weighted by Gasteiger charge is 2.60. The summed E-state index contributed by atoms with van der Waals surface area (Å²) in [4.78, 5) is 11.8. The molecular formula is C21H34O2. The van der Waals surface area contributed by atoms with Crippen molar-refractivity contribution in [3.8, 4) is 0 Å². The van der Waals surface area contributed by atoms with Gasteiger partial charge in [-0.15, -0.1) is 0 Å². The van der Waals surface area contributed by atoms with Crippen LogP contribution in [0.5, 0.6) is 0 Å². The van der Waals surface area contributed by atoms with Gasteiger partial charge in [0.1, 0.15) is 6.10 Å². The third-order valence-electron chi connectivity index (χ3n) is 8.68. The van der Waals surface area contributed by atoms with Crippen LogP contribution in [0, 0.1) is 34.5 Å². The van der Waals surface area contributed by atoms with Gasteiger partial charge in [0.2, 0.25) is 0 Å². The Kier molecular flexibility index (Phi) is 3.81. The quantitative estimate of drug-likeness (QED) is 0.609. The number of carbonyl (C=O) groups excluding carboxylic acids is 1. The van der Waals surface area contributed by atoms with Gasteiger partial charge >= 0.3 is 5.97 Å². The first-order valence-corrected chi connectivity index (χ1v) is 10.1. The minimum absolute atomic E-state index is 0.0570. The van der Waals surface area contributed by atoms with Crippen LogP contribution in [0.1, 0.15) is 85.0 Å². The highest BCUT2D eigenvalue weighted by atomic mass is 16.5. The van der Waals surface area contributed by atoms with Gasteiger partial charge in [-0.2, -0.15) is 0 Å². The third kappa shape index (κ3) is 2.38.